The second-order valence-electron chi connectivity index (χ2n) is 5.40. The van der Waals surface area contributed by atoms with Gasteiger partial charge in [0.05, 0.1) is 0 Å². The summed E-state index contributed by atoms with van der Waals surface area (Å²) in [5.41, 5.74) is 0.682. The van der Waals surface area contributed by atoms with Crippen LogP contribution in [-0.2, 0) is 0 Å². The third kappa shape index (κ3) is 3.09. The third-order valence-corrected chi connectivity index (χ3v) is 4.48. The Morgan fingerprint density at radius 2 is 2.00 bits per heavy atom. The van der Waals surface area contributed by atoms with Gasteiger partial charge in [-0.05, 0) is 42.5 Å². The molecule has 0 amide bonds. The average molecular weight is 288 g/mol. The third-order valence-electron chi connectivity index (χ3n) is 4.15. The van der Waals surface area contributed by atoms with Crippen LogP contribution in [0.1, 0.15) is 44.7 Å². The van der Waals surface area contributed by atoms with Gasteiger partial charge in [0.2, 0.25) is 0 Å². The van der Waals surface area contributed by atoms with E-state index in [9.17, 15) is 8.78 Å². The molecule has 0 radical (unpaired) electrons. The van der Waals surface area contributed by atoms with Crippen LogP contribution in [-0.4, -0.2) is 6.54 Å². The van der Waals surface area contributed by atoms with Crippen molar-refractivity contribution in [1.82, 2.24) is 5.32 Å². The van der Waals surface area contributed by atoms with E-state index in [0.717, 1.165) is 19.0 Å². The molecule has 1 aliphatic carbocycles. The summed E-state index contributed by atoms with van der Waals surface area (Å²) in [7, 11) is 0. The van der Waals surface area contributed by atoms with E-state index in [1.165, 1.54) is 18.9 Å². The van der Waals surface area contributed by atoms with Gasteiger partial charge >= 0.3 is 0 Å². The minimum Gasteiger partial charge on any atom is -0.310 e. The molecule has 2 rings (SSSR count). The predicted molar refractivity (Wildman–Crippen MR) is 74.3 cm³/mol. The highest BCUT2D eigenvalue weighted by Gasteiger charge is 2.32. The summed E-state index contributed by atoms with van der Waals surface area (Å²) >= 11 is 6.11. The Kier molecular flexibility index (Phi) is 4.80. The maximum atomic E-state index is 13.5. The van der Waals surface area contributed by atoms with Gasteiger partial charge in [0.25, 0.3) is 0 Å². The number of halogens is 3. The SMILES string of the molecule is CCNC(c1cc(F)c(F)cc1Cl)C1CCCC1C. The van der Waals surface area contributed by atoms with Gasteiger partial charge in [-0.2, -0.15) is 0 Å². The van der Waals surface area contributed by atoms with Gasteiger partial charge in [0.15, 0.2) is 11.6 Å². The maximum absolute atomic E-state index is 13.5. The molecule has 1 nitrogen and oxygen atoms in total. The molecule has 1 N–H and O–H groups in total. The second kappa shape index (κ2) is 6.19. The molecule has 1 fully saturated rings. The largest absolute Gasteiger partial charge is 0.310 e. The van der Waals surface area contributed by atoms with Crippen molar-refractivity contribution in [2.75, 3.05) is 6.54 Å². The van der Waals surface area contributed by atoms with Crippen LogP contribution < -0.4 is 5.32 Å². The smallest absolute Gasteiger partial charge is 0.160 e. The normalized spacial score (nSPS) is 24.7. The van der Waals surface area contributed by atoms with Crippen LogP contribution in [0, 0.1) is 23.5 Å². The molecule has 1 saturated carbocycles. The van der Waals surface area contributed by atoms with E-state index >= 15 is 0 Å². The van der Waals surface area contributed by atoms with Crippen LogP contribution in [0.15, 0.2) is 12.1 Å². The van der Waals surface area contributed by atoms with Crippen molar-refractivity contribution in [1.29, 1.82) is 0 Å². The van der Waals surface area contributed by atoms with Gasteiger partial charge < -0.3 is 5.32 Å². The van der Waals surface area contributed by atoms with Crippen LogP contribution in [0.25, 0.3) is 0 Å². The molecular weight excluding hydrogens is 268 g/mol. The Bertz CT molecular complexity index is 450. The van der Waals surface area contributed by atoms with E-state index in [1.807, 2.05) is 6.92 Å². The van der Waals surface area contributed by atoms with Gasteiger partial charge in [-0.15, -0.1) is 0 Å². The van der Waals surface area contributed by atoms with Crippen molar-refractivity contribution in [3.8, 4) is 0 Å². The molecule has 0 spiro atoms. The summed E-state index contributed by atoms with van der Waals surface area (Å²) in [5.74, 6) is -0.702. The second-order valence-corrected chi connectivity index (χ2v) is 5.80. The molecule has 0 heterocycles. The molecule has 4 heteroatoms. The lowest BCUT2D eigenvalue weighted by Gasteiger charge is -2.29. The number of hydrogen-bond acceptors (Lipinski definition) is 1. The van der Waals surface area contributed by atoms with Gasteiger partial charge in [0.1, 0.15) is 0 Å². The minimum absolute atomic E-state index is 0.00472. The summed E-state index contributed by atoms with van der Waals surface area (Å²) in [5, 5.41) is 3.69. The maximum Gasteiger partial charge on any atom is 0.160 e. The van der Waals surface area contributed by atoms with E-state index in [4.69, 9.17) is 11.6 Å². The van der Waals surface area contributed by atoms with Crippen molar-refractivity contribution in [3.05, 3.63) is 34.4 Å². The average Bonchev–Trinajstić information content (AvgIpc) is 2.77. The van der Waals surface area contributed by atoms with E-state index in [0.29, 0.717) is 22.4 Å². The fourth-order valence-electron chi connectivity index (χ4n) is 3.16. The molecule has 19 heavy (non-hydrogen) atoms. The topological polar surface area (TPSA) is 12.0 Å². The molecule has 1 aliphatic rings. The summed E-state index contributed by atoms with van der Waals surface area (Å²) in [6.07, 6.45) is 3.48. The van der Waals surface area contributed by atoms with Gasteiger partial charge in [-0.25, -0.2) is 8.78 Å². The minimum atomic E-state index is -0.886. The molecule has 0 saturated heterocycles. The number of rotatable bonds is 4. The first-order valence-corrected chi connectivity index (χ1v) is 7.30. The first-order chi connectivity index (χ1) is 9.04. The van der Waals surface area contributed by atoms with Crippen molar-refractivity contribution in [3.63, 3.8) is 0 Å². The van der Waals surface area contributed by atoms with Crippen LogP contribution in [0.2, 0.25) is 5.02 Å². The Labute approximate surface area is 118 Å². The molecule has 106 valence electrons. The lowest BCUT2D eigenvalue weighted by atomic mass is 9.85. The van der Waals surface area contributed by atoms with Gasteiger partial charge in [0, 0.05) is 11.1 Å². The standard InChI is InChI=1S/C15H20ClF2N/c1-3-19-15(10-6-4-5-9(10)2)11-7-13(17)14(18)8-12(11)16/h7-10,15,19H,3-6H2,1-2H3. The van der Waals surface area contributed by atoms with Crippen molar-refractivity contribution in [2.45, 2.75) is 39.2 Å². The van der Waals surface area contributed by atoms with Crippen LogP contribution in [0.5, 0.6) is 0 Å². The molecule has 3 unspecified atom stereocenters. The van der Waals surface area contributed by atoms with E-state index in [2.05, 4.69) is 12.2 Å². The summed E-state index contributed by atoms with van der Waals surface area (Å²) < 4.78 is 26.7. The van der Waals surface area contributed by atoms with Crippen molar-refractivity contribution >= 4 is 11.6 Å². The van der Waals surface area contributed by atoms with E-state index in [1.54, 1.807) is 0 Å². The summed E-state index contributed by atoms with van der Waals surface area (Å²) in [6, 6.07) is 2.33. The molecular formula is C15H20ClF2N. The Morgan fingerprint density at radius 1 is 1.32 bits per heavy atom. The first kappa shape index (κ1) is 14.7. The Morgan fingerprint density at radius 3 is 2.58 bits per heavy atom. The molecule has 1 aromatic rings. The quantitative estimate of drug-likeness (QED) is 0.791. The summed E-state index contributed by atoms with van der Waals surface area (Å²) in [6.45, 7) is 5.01. The zero-order chi connectivity index (χ0) is 14.0. The lowest BCUT2D eigenvalue weighted by Crippen LogP contribution is -2.30. The van der Waals surface area contributed by atoms with Gasteiger partial charge in [-0.3, -0.25) is 0 Å². The molecule has 0 aromatic heterocycles. The predicted octanol–water partition coefficient (Wildman–Crippen LogP) is 4.71. The molecule has 0 aliphatic heterocycles. The monoisotopic (exact) mass is 287 g/mol. The number of benzene rings is 1. The van der Waals surface area contributed by atoms with Gasteiger partial charge in [-0.1, -0.05) is 38.3 Å². The number of hydrogen-bond donors (Lipinski definition) is 1. The van der Waals surface area contributed by atoms with Crippen molar-refractivity contribution in [2.24, 2.45) is 11.8 Å². The zero-order valence-electron chi connectivity index (χ0n) is 11.3. The Hall–Kier alpha value is -0.670. The molecule has 0 bridgehead atoms. The highest BCUT2D eigenvalue weighted by Crippen LogP contribution is 2.42. The number of nitrogens with one attached hydrogen (secondary N) is 1. The first-order valence-electron chi connectivity index (χ1n) is 6.92. The fraction of sp³-hybridized carbons (Fsp3) is 0.600. The van der Waals surface area contributed by atoms with Crippen LogP contribution in [0.3, 0.4) is 0 Å². The van der Waals surface area contributed by atoms with E-state index < -0.39 is 11.6 Å². The highest BCUT2D eigenvalue weighted by atomic mass is 35.5. The van der Waals surface area contributed by atoms with Crippen molar-refractivity contribution < 1.29 is 8.78 Å². The van der Waals surface area contributed by atoms with E-state index in [-0.39, 0.29) is 6.04 Å². The molecule has 3 atom stereocenters. The van der Waals surface area contributed by atoms with Crippen LogP contribution in [0.4, 0.5) is 8.78 Å². The lowest BCUT2D eigenvalue weighted by molar-refractivity contribution is 0.304. The fourth-order valence-corrected chi connectivity index (χ4v) is 3.43. The highest BCUT2D eigenvalue weighted by molar-refractivity contribution is 6.31. The Balaban J connectivity index is 2.35. The molecule has 1 aromatic carbocycles. The van der Waals surface area contributed by atoms with Crippen LogP contribution >= 0.6 is 11.6 Å². The summed E-state index contributed by atoms with van der Waals surface area (Å²) in [4.78, 5) is 0. The zero-order valence-corrected chi connectivity index (χ0v) is 12.1.